The number of hydrogen-bond donors (Lipinski definition) is 2. The molecule has 0 saturated carbocycles. The standard InChI is InChI=1S/C11H23NO3/c1-3-10-6-12(4-5-15-10)7-11(2,8-13)9-14/h10,13-14H,3-9H2,1-2H3. The van der Waals surface area contributed by atoms with Crippen molar-refractivity contribution in [1.29, 1.82) is 0 Å². The average molecular weight is 217 g/mol. The molecule has 0 amide bonds. The van der Waals surface area contributed by atoms with E-state index in [9.17, 15) is 10.2 Å². The van der Waals surface area contributed by atoms with Crippen LogP contribution < -0.4 is 0 Å². The van der Waals surface area contributed by atoms with Crippen LogP contribution in [0.4, 0.5) is 0 Å². The van der Waals surface area contributed by atoms with E-state index in [1.165, 1.54) is 0 Å². The van der Waals surface area contributed by atoms with Crippen molar-refractivity contribution in [2.75, 3.05) is 39.5 Å². The Bertz CT molecular complexity index is 183. The number of aliphatic hydroxyl groups excluding tert-OH is 2. The summed E-state index contributed by atoms with van der Waals surface area (Å²) in [5.41, 5.74) is -0.393. The third-order valence-corrected chi connectivity index (χ3v) is 3.05. The van der Waals surface area contributed by atoms with Gasteiger partial charge in [-0.05, 0) is 6.42 Å². The van der Waals surface area contributed by atoms with Gasteiger partial charge >= 0.3 is 0 Å². The molecule has 0 aromatic rings. The lowest BCUT2D eigenvalue weighted by Gasteiger charge is -2.37. The molecule has 1 aliphatic heterocycles. The predicted octanol–water partition coefficient (Wildman–Crippen LogP) is 0.0881. The van der Waals surface area contributed by atoms with Gasteiger partial charge in [-0.25, -0.2) is 0 Å². The van der Waals surface area contributed by atoms with Gasteiger partial charge in [0, 0.05) is 25.0 Å². The van der Waals surface area contributed by atoms with E-state index < -0.39 is 5.41 Å². The van der Waals surface area contributed by atoms with Gasteiger partial charge in [0.25, 0.3) is 0 Å². The van der Waals surface area contributed by atoms with E-state index in [1.807, 2.05) is 6.92 Å². The van der Waals surface area contributed by atoms with Gasteiger partial charge in [0.1, 0.15) is 0 Å². The zero-order valence-electron chi connectivity index (χ0n) is 9.78. The number of morpholine rings is 1. The van der Waals surface area contributed by atoms with E-state index in [4.69, 9.17) is 4.74 Å². The Morgan fingerprint density at radius 3 is 2.60 bits per heavy atom. The highest BCUT2D eigenvalue weighted by Gasteiger charge is 2.28. The Hall–Kier alpha value is -0.160. The van der Waals surface area contributed by atoms with Gasteiger partial charge in [0.05, 0.1) is 25.9 Å². The van der Waals surface area contributed by atoms with E-state index in [2.05, 4.69) is 11.8 Å². The Balaban J connectivity index is 2.43. The molecule has 0 aromatic carbocycles. The lowest BCUT2D eigenvalue weighted by Crippen LogP contribution is -2.48. The Morgan fingerprint density at radius 2 is 2.07 bits per heavy atom. The molecule has 0 bridgehead atoms. The zero-order valence-corrected chi connectivity index (χ0v) is 9.78. The molecule has 1 aliphatic rings. The SMILES string of the molecule is CCC1CN(CC(C)(CO)CO)CCO1. The van der Waals surface area contributed by atoms with E-state index in [0.717, 1.165) is 32.7 Å². The summed E-state index contributed by atoms with van der Waals surface area (Å²) in [6, 6.07) is 0. The Kier molecular flexibility index (Phi) is 4.99. The van der Waals surface area contributed by atoms with Crippen molar-refractivity contribution in [2.45, 2.75) is 26.4 Å². The fourth-order valence-corrected chi connectivity index (χ4v) is 1.86. The first-order chi connectivity index (χ1) is 7.13. The molecular weight excluding hydrogens is 194 g/mol. The summed E-state index contributed by atoms with van der Waals surface area (Å²) < 4.78 is 5.57. The summed E-state index contributed by atoms with van der Waals surface area (Å²) in [6.45, 7) is 7.37. The van der Waals surface area contributed by atoms with Gasteiger partial charge in [-0.15, -0.1) is 0 Å². The molecule has 0 spiro atoms. The van der Waals surface area contributed by atoms with Crippen LogP contribution in [0.1, 0.15) is 20.3 Å². The van der Waals surface area contributed by atoms with Gasteiger partial charge < -0.3 is 14.9 Å². The number of nitrogens with zero attached hydrogens (tertiary/aromatic N) is 1. The first-order valence-electron chi connectivity index (χ1n) is 5.69. The minimum absolute atomic E-state index is 0.0254. The average Bonchev–Trinajstić information content (AvgIpc) is 2.29. The van der Waals surface area contributed by atoms with Crippen LogP contribution in [-0.2, 0) is 4.74 Å². The summed E-state index contributed by atoms with van der Waals surface area (Å²) in [5.74, 6) is 0. The molecule has 4 nitrogen and oxygen atoms in total. The van der Waals surface area contributed by atoms with Crippen LogP contribution in [0.15, 0.2) is 0 Å². The summed E-state index contributed by atoms with van der Waals surface area (Å²) in [7, 11) is 0. The molecule has 2 N–H and O–H groups in total. The van der Waals surface area contributed by atoms with Crippen LogP contribution in [0.5, 0.6) is 0 Å². The number of hydrogen-bond acceptors (Lipinski definition) is 4. The minimum Gasteiger partial charge on any atom is -0.396 e. The van der Waals surface area contributed by atoms with Crippen molar-refractivity contribution in [3.05, 3.63) is 0 Å². The first kappa shape index (κ1) is 12.9. The second kappa shape index (κ2) is 5.80. The van der Waals surface area contributed by atoms with Crippen molar-refractivity contribution in [3.63, 3.8) is 0 Å². The highest BCUT2D eigenvalue weighted by atomic mass is 16.5. The molecular formula is C11H23NO3. The van der Waals surface area contributed by atoms with Crippen LogP contribution in [0, 0.1) is 5.41 Å². The van der Waals surface area contributed by atoms with Gasteiger partial charge in [0.2, 0.25) is 0 Å². The first-order valence-corrected chi connectivity index (χ1v) is 5.69. The molecule has 0 aromatic heterocycles. The van der Waals surface area contributed by atoms with Crippen molar-refractivity contribution >= 4 is 0 Å². The molecule has 1 rings (SSSR count). The van der Waals surface area contributed by atoms with Crippen LogP contribution >= 0.6 is 0 Å². The molecule has 1 atom stereocenters. The topological polar surface area (TPSA) is 52.9 Å². The number of aliphatic hydroxyl groups is 2. The summed E-state index contributed by atoms with van der Waals surface area (Å²) in [6.07, 6.45) is 1.33. The van der Waals surface area contributed by atoms with Gasteiger partial charge in [0.15, 0.2) is 0 Å². The van der Waals surface area contributed by atoms with Gasteiger partial charge in [-0.3, -0.25) is 4.90 Å². The van der Waals surface area contributed by atoms with E-state index in [1.54, 1.807) is 0 Å². The predicted molar refractivity (Wildman–Crippen MR) is 58.7 cm³/mol. The van der Waals surface area contributed by atoms with Crippen molar-refractivity contribution in [1.82, 2.24) is 4.90 Å². The van der Waals surface area contributed by atoms with Gasteiger partial charge in [-0.1, -0.05) is 13.8 Å². The van der Waals surface area contributed by atoms with E-state index in [0.29, 0.717) is 6.10 Å². The highest BCUT2D eigenvalue weighted by Crippen LogP contribution is 2.18. The molecule has 0 aliphatic carbocycles. The highest BCUT2D eigenvalue weighted by molar-refractivity contribution is 4.80. The maximum atomic E-state index is 9.22. The molecule has 1 heterocycles. The normalized spacial score (nSPS) is 24.4. The van der Waals surface area contributed by atoms with Crippen LogP contribution in [-0.4, -0.2) is 60.7 Å². The van der Waals surface area contributed by atoms with Crippen molar-refractivity contribution < 1.29 is 14.9 Å². The third kappa shape index (κ3) is 3.72. The maximum absolute atomic E-state index is 9.22. The minimum atomic E-state index is -0.393. The molecule has 15 heavy (non-hydrogen) atoms. The molecule has 1 fully saturated rings. The lowest BCUT2D eigenvalue weighted by molar-refractivity contribution is -0.0537. The van der Waals surface area contributed by atoms with E-state index in [-0.39, 0.29) is 13.2 Å². The van der Waals surface area contributed by atoms with Crippen molar-refractivity contribution in [2.24, 2.45) is 5.41 Å². The Labute approximate surface area is 91.8 Å². The van der Waals surface area contributed by atoms with E-state index >= 15 is 0 Å². The maximum Gasteiger partial charge on any atom is 0.0700 e. The quantitative estimate of drug-likeness (QED) is 0.685. The lowest BCUT2D eigenvalue weighted by atomic mass is 9.92. The third-order valence-electron chi connectivity index (χ3n) is 3.05. The van der Waals surface area contributed by atoms with Crippen molar-refractivity contribution in [3.8, 4) is 0 Å². The molecule has 4 heteroatoms. The summed E-state index contributed by atoms with van der Waals surface area (Å²) in [5, 5.41) is 18.4. The molecule has 90 valence electrons. The van der Waals surface area contributed by atoms with Gasteiger partial charge in [-0.2, -0.15) is 0 Å². The fourth-order valence-electron chi connectivity index (χ4n) is 1.86. The smallest absolute Gasteiger partial charge is 0.0700 e. The molecule has 1 saturated heterocycles. The number of rotatable bonds is 5. The molecule has 1 unspecified atom stereocenters. The number of ether oxygens (including phenoxy) is 1. The fraction of sp³-hybridized carbons (Fsp3) is 1.00. The summed E-state index contributed by atoms with van der Waals surface area (Å²) >= 11 is 0. The summed E-state index contributed by atoms with van der Waals surface area (Å²) in [4.78, 5) is 2.27. The Morgan fingerprint density at radius 1 is 1.40 bits per heavy atom. The molecule has 0 radical (unpaired) electrons. The second-order valence-electron chi connectivity index (χ2n) is 4.76. The van der Waals surface area contributed by atoms with Crippen LogP contribution in [0.2, 0.25) is 0 Å². The van der Waals surface area contributed by atoms with Crippen LogP contribution in [0.3, 0.4) is 0 Å². The monoisotopic (exact) mass is 217 g/mol. The van der Waals surface area contributed by atoms with Crippen LogP contribution in [0.25, 0.3) is 0 Å². The largest absolute Gasteiger partial charge is 0.396 e. The second-order valence-corrected chi connectivity index (χ2v) is 4.76. The zero-order chi connectivity index (χ0) is 11.3.